The van der Waals surface area contributed by atoms with Crippen LogP contribution in [0.15, 0.2) is 66.9 Å². The SMILES string of the molecule is Cc1ncccc1C(=O)c1cccc(N2CCCN(C(=O)c3ccccc3)CC2)n1. The maximum absolute atomic E-state index is 12.9. The highest BCUT2D eigenvalue weighted by Gasteiger charge is 2.22. The van der Waals surface area contributed by atoms with Crippen LogP contribution in [0.2, 0.25) is 0 Å². The van der Waals surface area contributed by atoms with Gasteiger partial charge in [0.05, 0.1) is 0 Å². The highest BCUT2D eigenvalue weighted by Crippen LogP contribution is 2.18. The molecule has 1 aromatic carbocycles. The Labute approximate surface area is 176 Å². The second kappa shape index (κ2) is 8.86. The predicted octanol–water partition coefficient (Wildman–Crippen LogP) is 3.37. The molecule has 4 rings (SSSR count). The molecule has 6 heteroatoms. The summed E-state index contributed by atoms with van der Waals surface area (Å²) in [5, 5.41) is 0. The molecule has 152 valence electrons. The van der Waals surface area contributed by atoms with E-state index in [4.69, 9.17) is 0 Å². The Balaban J connectivity index is 1.49. The van der Waals surface area contributed by atoms with E-state index in [-0.39, 0.29) is 11.7 Å². The first-order valence-electron chi connectivity index (χ1n) is 10.2. The number of aromatic nitrogens is 2. The number of anilines is 1. The summed E-state index contributed by atoms with van der Waals surface area (Å²) in [5.74, 6) is 0.691. The molecule has 1 amide bonds. The molecule has 0 saturated carbocycles. The number of hydrogen-bond acceptors (Lipinski definition) is 5. The summed E-state index contributed by atoms with van der Waals surface area (Å²) in [4.78, 5) is 38.5. The van der Waals surface area contributed by atoms with Gasteiger partial charge in [-0.3, -0.25) is 14.6 Å². The summed E-state index contributed by atoms with van der Waals surface area (Å²) in [5.41, 5.74) is 2.38. The minimum atomic E-state index is -0.127. The highest BCUT2D eigenvalue weighted by molar-refractivity contribution is 6.08. The van der Waals surface area contributed by atoms with Crippen LogP contribution in [-0.4, -0.2) is 52.7 Å². The standard InChI is InChI=1S/C24H24N4O2/c1-18-20(10-6-13-25-18)23(29)21-11-5-12-22(26-21)27-14-7-15-28(17-16-27)24(30)19-8-3-2-4-9-19/h2-6,8-13H,7,14-17H2,1H3. The molecule has 30 heavy (non-hydrogen) atoms. The van der Waals surface area contributed by atoms with Crippen molar-refractivity contribution < 1.29 is 9.59 Å². The van der Waals surface area contributed by atoms with E-state index in [0.717, 1.165) is 18.8 Å². The van der Waals surface area contributed by atoms with E-state index >= 15 is 0 Å². The van der Waals surface area contributed by atoms with Gasteiger partial charge >= 0.3 is 0 Å². The lowest BCUT2D eigenvalue weighted by molar-refractivity contribution is 0.0767. The van der Waals surface area contributed by atoms with Crippen molar-refractivity contribution in [3.05, 3.63) is 89.4 Å². The summed E-state index contributed by atoms with van der Waals surface area (Å²) in [6.45, 7) is 4.61. The lowest BCUT2D eigenvalue weighted by atomic mass is 10.1. The van der Waals surface area contributed by atoms with Gasteiger partial charge in [0.2, 0.25) is 5.78 Å². The molecular formula is C24H24N4O2. The first kappa shape index (κ1) is 19.8. The smallest absolute Gasteiger partial charge is 0.253 e. The van der Waals surface area contributed by atoms with Crippen molar-refractivity contribution in [2.75, 3.05) is 31.1 Å². The molecule has 0 spiro atoms. The molecule has 1 fully saturated rings. The number of carbonyl (C=O) groups excluding carboxylic acids is 2. The van der Waals surface area contributed by atoms with Crippen molar-refractivity contribution in [1.29, 1.82) is 0 Å². The zero-order valence-electron chi connectivity index (χ0n) is 17.0. The van der Waals surface area contributed by atoms with Crippen LogP contribution in [0.4, 0.5) is 5.82 Å². The zero-order chi connectivity index (χ0) is 20.9. The summed E-state index contributed by atoms with van der Waals surface area (Å²) < 4.78 is 0. The second-order valence-electron chi connectivity index (χ2n) is 7.35. The summed E-state index contributed by atoms with van der Waals surface area (Å²) in [6.07, 6.45) is 2.52. The van der Waals surface area contributed by atoms with Gasteiger partial charge in [-0.1, -0.05) is 24.3 Å². The summed E-state index contributed by atoms with van der Waals surface area (Å²) in [7, 11) is 0. The van der Waals surface area contributed by atoms with Gasteiger partial charge in [0.15, 0.2) is 0 Å². The number of nitrogens with zero attached hydrogens (tertiary/aromatic N) is 4. The Kier molecular flexibility index (Phi) is 5.84. The average molecular weight is 400 g/mol. The molecule has 0 atom stereocenters. The fourth-order valence-electron chi connectivity index (χ4n) is 3.70. The van der Waals surface area contributed by atoms with Gasteiger partial charge in [-0.05, 0) is 49.7 Å². The average Bonchev–Trinajstić information content (AvgIpc) is 3.05. The fraction of sp³-hybridized carbons (Fsp3) is 0.250. The third-order valence-corrected chi connectivity index (χ3v) is 5.35. The monoisotopic (exact) mass is 400 g/mol. The fourth-order valence-corrected chi connectivity index (χ4v) is 3.70. The van der Waals surface area contributed by atoms with E-state index in [9.17, 15) is 9.59 Å². The third-order valence-electron chi connectivity index (χ3n) is 5.35. The molecule has 3 aromatic rings. The predicted molar refractivity (Wildman–Crippen MR) is 116 cm³/mol. The van der Waals surface area contributed by atoms with Crippen LogP contribution in [0.1, 0.15) is 38.5 Å². The number of amides is 1. The van der Waals surface area contributed by atoms with E-state index in [1.54, 1.807) is 24.4 Å². The van der Waals surface area contributed by atoms with E-state index in [1.807, 2.05) is 54.3 Å². The van der Waals surface area contributed by atoms with Crippen LogP contribution >= 0.6 is 0 Å². The van der Waals surface area contributed by atoms with Crippen LogP contribution in [0.5, 0.6) is 0 Å². The Morgan fingerprint density at radius 2 is 1.70 bits per heavy atom. The van der Waals surface area contributed by atoms with Crippen molar-refractivity contribution in [3.63, 3.8) is 0 Å². The van der Waals surface area contributed by atoms with Gasteiger partial charge in [0, 0.05) is 49.2 Å². The van der Waals surface area contributed by atoms with Crippen LogP contribution in [-0.2, 0) is 0 Å². The Morgan fingerprint density at radius 3 is 2.50 bits per heavy atom. The molecular weight excluding hydrogens is 376 g/mol. The summed E-state index contributed by atoms with van der Waals surface area (Å²) >= 11 is 0. The van der Waals surface area contributed by atoms with Gasteiger partial charge in [0.1, 0.15) is 11.5 Å². The maximum Gasteiger partial charge on any atom is 0.253 e. The van der Waals surface area contributed by atoms with Gasteiger partial charge in [-0.15, -0.1) is 0 Å². The Bertz CT molecular complexity index is 1050. The van der Waals surface area contributed by atoms with Crippen LogP contribution in [0.25, 0.3) is 0 Å². The molecule has 1 saturated heterocycles. The van der Waals surface area contributed by atoms with Gasteiger partial charge < -0.3 is 9.80 Å². The third kappa shape index (κ3) is 4.22. The minimum absolute atomic E-state index is 0.0568. The first-order valence-corrected chi connectivity index (χ1v) is 10.2. The molecule has 0 radical (unpaired) electrons. The van der Waals surface area contributed by atoms with Crippen molar-refractivity contribution in [3.8, 4) is 0 Å². The lowest BCUT2D eigenvalue weighted by Gasteiger charge is -2.23. The molecule has 1 aliphatic rings. The second-order valence-corrected chi connectivity index (χ2v) is 7.35. The lowest BCUT2D eigenvalue weighted by Crippen LogP contribution is -2.35. The van der Waals surface area contributed by atoms with Crippen molar-refractivity contribution >= 4 is 17.5 Å². The number of ketones is 1. The number of aryl methyl sites for hydroxylation is 1. The largest absolute Gasteiger partial charge is 0.355 e. The molecule has 6 nitrogen and oxygen atoms in total. The van der Waals surface area contributed by atoms with Crippen LogP contribution in [0, 0.1) is 6.92 Å². The molecule has 0 aliphatic carbocycles. The van der Waals surface area contributed by atoms with Gasteiger partial charge in [-0.2, -0.15) is 0 Å². The van der Waals surface area contributed by atoms with E-state index in [2.05, 4.69) is 14.9 Å². The Morgan fingerprint density at radius 1 is 0.867 bits per heavy atom. The number of hydrogen-bond donors (Lipinski definition) is 0. The summed E-state index contributed by atoms with van der Waals surface area (Å²) in [6, 6.07) is 18.4. The number of benzene rings is 1. The van der Waals surface area contributed by atoms with E-state index in [1.165, 1.54) is 0 Å². The zero-order valence-corrected chi connectivity index (χ0v) is 17.0. The molecule has 0 N–H and O–H groups in total. The van der Waals surface area contributed by atoms with Crippen LogP contribution in [0.3, 0.4) is 0 Å². The topological polar surface area (TPSA) is 66.4 Å². The molecule has 0 unspecified atom stereocenters. The first-order chi connectivity index (χ1) is 14.6. The van der Waals surface area contributed by atoms with Gasteiger partial charge in [0.25, 0.3) is 5.91 Å². The minimum Gasteiger partial charge on any atom is -0.355 e. The molecule has 2 aromatic heterocycles. The number of pyridine rings is 2. The Hall–Kier alpha value is -3.54. The highest BCUT2D eigenvalue weighted by atomic mass is 16.2. The van der Waals surface area contributed by atoms with Gasteiger partial charge in [-0.25, -0.2) is 4.98 Å². The molecule has 0 bridgehead atoms. The quantitative estimate of drug-likeness (QED) is 0.628. The van der Waals surface area contributed by atoms with Crippen molar-refractivity contribution in [2.24, 2.45) is 0 Å². The normalized spacial score (nSPS) is 14.3. The number of rotatable bonds is 4. The molecule has 1 aliphatic heterocycles. The van der Waals surface area contributed by atoms with Crippen LogP contribution < -0.4 is 4.90 Å². The number of carbonyl (C=O) groups is 2. The van der Waals surface area contributed by atoms with E-state index < -0.39 is 0 Å². The molecule has 3 heterocycles. The van der Waals surface area contributed by atoms with Crippen molar-refractivity contribution in [1.82, 2.24) is 14.9 Å². The van der Waals surface area contributed by atoms with E-state index in [0.29, 0.717) is 42.1 Å². The van der Waals surface area contributed by atoms with Crippen molar-refractivity contribution in [2.45, 2.75) is 13.3 Å². The maximum atomic E-state index is 12.9.